The molecule has 27 heavy (non-hydrogen) atoms. The highest BCUT2D eigenvalue weighted by Gasteiger charge is 2.25. The second kappa shape index (κ2) is 7.09. The van der Waals surface area contributed by atoms with Crippen molar-refractivity contribution in [2.24, 2.45) is 0 Å². The number of carbonyl (C=O) groups is 2. The molecule has 0 aliphatic carbocycles. The zero-order valence-electron chi connectivity index (χ0n) is 17.2. The highest BCUT2D eigenvalue weighted by molar-refractivity contribution is 6.01. The molecule has 0 radical (unpaired) electrons. The van der Waals surface area contributed by atoms with E-state index >= 15 is 0 Å². The lowest BCUT2D eigenvalue weighted by Crippen LogP contribution is -2.34. The van der Waals surface area contributed by atoms with Gasteiger partial charge in [-0.15, -0.1) is 0 Å². The fourth-order valence-corrected chi connectivity index (χ4v) is 2.51. The monoisotopic (exact) mass is 376 g/mol. The summed E-state index contributed by atoms with van der Waals surface area (Å²) in [5.74, 6) is 0. The van der Waals surface area contributed by atoms with Crippen LogP contribution in [0.3, 0.4) is 0 Å². The van der Waals surface area contributed by atoms with Crippen molar-refractivity contribution in [2.75, 3.05) is 17.3 Å². The Labute approximate surface area is 159 Å². The van der Waals surface area contributed by atoms with Crippen molar-refractivity contribution in [1.29, 1.82) is 0 Å². The number of fused-ring (bicyclic) bond motifs is 1. The second-order valence-corrected chi connectivity index (χ2v) is 8.37. The van der Waals surface area contributed by atoms with E-state index < -0.39 is 23.4 Å². The number of hydrogen-bond acceptors (Lipinski definition) is 5. The van der Waals surface area contributed by atoms with Gasteiger partial charge in [0.15, 0.2) is 0 Å². The average Bonchev–Trinajstić information content (AvgIpc) is 2.85. The Morgan fingerprint density at radius 3 is 2.26 bits per heavy atom. The Kier molecular flexibility index (Phi) is 5.40. The highest BCUT2D eigenvalue weighted by atomic mass is 16.6. The van der Waals surface area contributed by atoms with Crippen LogP contribution in [-0.2, 0) is 9.47 Å². The Hall–Kier alpha value is -2.77. The molecule has 2 amide bonds. The molecule has 2 heterocycles. The first-order valence-electron chi connectivity index (χ1n) is 8.72. The average molecular weight is 376 g/mol. The van der Waals surface area contributed by atoms with Gasteiger partial charge >= 0.3 is 12.2 Å². The van der Waals surface area contributed by atoms with Gasteiger partial charge in [0.2, 0.25) is 0 Å². The van der Waals surface area contributed by atoms with Gasteiger partial charge in [0, 0.05) is 13.2 Å². The number of nitrogens with one attached hydrogen (secondary N) is 1. The Balaban J connectivity index is 2.44. The molecular formula is C19H28N4O4. The second-order valence-electron chi connectivity index (χ2n) is 8.37. The number of aromatic nitrogens is 2. The largest absolute Gasteiger partial charge is 0.444 e. The normalized spacial score (nSPS) is 12.0. The standard InChI is InChI=1S/C19H28N4O4/c1-12-9-10-23-15(14(12)22(8)17(25)27-19(5,6)7)13(11-20-23)21-16(24)26-18(2,3)4/h9-11H,1-8H3,(H,21,24). The van der Waals surface area contributed by atoms with Gasteiger partial charge in [-0.3, -0.25) is 10.2 Å². The van der Waals surface area contributed by atoms with Crippen LogP contribution in [0.4, 0.5) is 21.0 Å². The van der Waals surface area contributed by atoms with E-state index in [4.69, 9.17) is 9.47 Å². The van der Waals surface area contributed by atoms with E-state index in [0.29, 0.717) is 16.9 Å². The highest BCUT2D eigenvalue weighted by Crippen LogP contribution is 2.32. The summed E-state index contributed by atoms with van der Waals surface area (Å²) in [6.45, 7) is 12.7. The van der Waals surface area contributed by atoms with Crippen molar-refractivity contribution in [3.63, 3.8) is 0 Å². The van der Waals surface area contributed by atoms with E-state index in [1.165, 1.54) is 11.1 Å². The number of ether oxygens (including phenoxy) is 2. The molecule has 0 spiro atoms. The molecule has 0 saturated carbocycles. The minimum absolute atomic E-state index is 0.443. The Morgan fingerprint density at radius 2 is 1.70 bits per heavy atom. The fraction of sp³-hybridized carbons (Fsp3) is 0.526. The van der Waals surface area contributed by atoms with Gasteiger partial charge in [-0.1, -0.05) is 0 Å². The molecule has 0 aliphatic rings. The molecule has 148 valence electrons. The number of rotatable bonds is 2. The van der Waals surface area contributed by atoms with Gasteiger partial charge in [-0.25, -0.2) is 14.1 Å². The van der Waals surface area contributed by atoms with E-state index in [2.05, 4.69) is 10.4 Å². The summed E-state index contributed by atoms with van der Waals surface area (Å²) in [6.07, 6.45) is 2.19. The van der Waals surface area contributed by atoms with E-state index in [1.807, 2.05) is 13.0 Å². The molecule has 1 N–H and O–H groups in total. The van der Waals surface area contributed by atoms with Gasteiger partial charge in [0.05, 0.1) is 17.6 Å². The lowest BCUT2D eigenvalue weighted by molar-refractivity contribution is 0.0587. The Morgan fingerprint density at radius 1 is 1.11 bits per heavy atom. The molecular weight excluding hydrogens is 348 g/mol. The Bertz CT molecular complexity index is 859. The molecule has 2 rings (SSSR count). The van der Waals surface area contributed by atoms with Crippen molar-refractivity contribution >= 4 is 29.1 Å². The summed E-state index contributed by atoms with van der Waals surface area (Å²) >= 11 is 0. The van der Waals surface area contributed by atoms with E-state index in [0.717, 1.165) is 5.56 Å². The number of pyridine rings is 1. The maximum atomic E-state index is 12.6. The number of hydrogen-bond donors (Lipinski definition) is 1. The van der Waals surface area contributed by atoms with Crippen LogP contribution in [0, 0.1) is 6.92 Å². The molecule has 8 nitrogen and oxygen atoms in total. The summed E-state index contributed by atoms with van der Waals surface area (Å²) in [5.41, 5.74) is 1.20. The predicted octanol–water partition coefficient (Wildman–Crippen LogP) is 4.36. The first-order chi connectivity index (χ1) is 12.3. The molecule has 0 unspecified atom stereocenters. The van der Waals surface area contributed by atoms with E-state index in [9.17, 15) is 9.59 Å². The third-order valence-electron chi connectivity index (χ3n) is 3.50. The van der Waals surface area contributed by atoms with Crippen LogP contribution in [0.2, 0.25) is 0 Å². The summed E-state index contributed by atoms with van der Waals surface area (Å²) in [6, 6.07) is 1.84. The van der Waals surface area contributed by atoms with Crippen molar-refractivity contribution < 1.29 is 19.1 Å². The SMILES string of the molecule is Cc1ccn2ncc(NC(=O)OC(C)(C)C)c2c1N(C)C(=O)OC(C)(C)C. The van der Waals surface area contributed by atoms with Crippen LogP contribution in [-0.4, -0.2) is 40.1 Å². The molecule has 2 aromatic rings. The number of aryl methyl sites for hydroxylation is 1. The van der Waals surface area contributed by atoms with Gasteiger partial charge in [-0.2, -0.15) is 5.10 Å². The lowest BCUT2D eigenvalue weighted by Gasteiger charge is -2.26. The molecule has 0 fully saturated rings. The minimum atomic E-state index is -0.626. The number of nitrogens with zero attached hydrogens (tertiary/aromatic N) is 3. The van der Waals surface area contributed by atoms with Crippen LogP contribution in [0.1, 0.15) is 47.1 Å². The van der Waals surface area contributed by atoms with Crippen molar-refractivity contribution in [1.82, 2.24) is 9.61 Å². The fourth-order valence-electron chi connectivity index (χ4n) is 2.51. The van der Waals surface area contributed by atoms with E-state index in [-0.39, 0.29) is 0 Å². The first kappa shape index (κ1) is 20.5. The topological polar surface area (TPSA) is 85.2 Å². The smallest absolute Gasteiger partial charge is 0.414 e. The van der Waals surface area contributed by atoms with Crippen molar-refractivity contribution in [2.45, 2.75) is 59.7 Å². The zero-order chi connectivity index (χ0) is 20.6. The summed E-state index contributed by atoms with van der Waals surface area (Å²) in [5, 5.41) is 6.96. The van der Waals surface area contributed by atoms with E-state index in [1.54, 1.807) is 59.3 Å². The first-order valence-corrected chi connectivity index (χ1v) is 8.72. The number of amides is 2. The van der Waals surface area contributed by atoms with Crippen LogP contribution < -0.4 is 10.2 Å². The molecule has 0 saturated heterocycles. The van der Waals surface area contributed by atoms with Gasteiger partial charge < -0.3 is 9.47 Å². The van der Waals surface area contributed by atoms with Gasteiger partial charge in [0.25, 0.3) is 0 Å². The lowest BCUT2D eigenvalue weighted by atomic mass is 10.2. The minimum Gasteiger partial charge on any atom is -0.444 e. The maximum Gasteiger partial charge on any atom is 0.414 e. The van der Waals surface area contributed by atoms with Crippen molar-refractivity contribution in [3.05, 3.63) is 24.0 Å². The number of carbonyl (C=O) groups excluding carboxylic acids is 2. The van der Waals surface area contributed by atoms with Crippen LogP contribution in [0.25, 0.3) is 5.52 Å². The van der Waals surface area contributed by atoms with Crippen LogP contribution in [0.5, 0.6) is 0 Å². The summed E-state index contributed by atoms with van der Waals surface area (Å²) in [4.78, 5) is 26.2. The predicted molar refractivity (Wildman–Crippen MR) is 104 cm³/mol. The third kappa shape index (κ3) is 5.12. The van der Waals surface area contributed by atoms with Gasteiger partial charge in [-0.05, 0) is 60.1 Å². The third-order valence-corrected chi connectivity index (χ3v) is 3.50. The molecule has 8 heteroatoms. The molecule has 0 atom stereocenters. The summed E-state index contributed by atoms with van der Waals surface area (Å²) < 4.78 is 12.4. The zero-order valence-corrected chi connectivity index (χ0v) is 17.2. The molecule has 0 bridgehead atoms. The van der Waals surface area contributed by atoms with Crippen LogP contribution >= 0.6 is 0 Å². The molecule has 0 aromatic carbocycles. The molecule has 0 aliphatic heterocycles. The van der Waals surface area contributed by atoms with Crippen molar-refractivity contribution in [3.8, 4) is 0 Å². The quantitative estimate of drug-likeness (QED) is 0.842. The number of anilines is 2. The van der Waals surface area contributed by atoms with Gasteiger partial charge in [0.1, 0.15) is 16.7 Å². The summed E-state index contributed by atoms with van der Waals surface area (Å²) in [7, 11) is 1.63. The maximum absolute atomic E-state index is 12.6. The molecule has 2 aromatic heterocycles. The van der Waals surface area contributed by atoms with Crippen LogP contribution in [0.15, 0.2) is 18.5 Å².